The van der Waals surface area contributed by atoms with Crippen LogP contribution in [0.5, 0.6) is 5.75 Å². The van der Waals surface area contributed by atoms with Gasteiger partial charge in [0.15, 0.2) is 0 Å². The van der Waals surface area contributed by atoms with Gasteiger partial charge in [-0.1, -0.05) is 35.9 Å². The highest BCUT2D eigenvalue weighted by atomic mass is 35.5. The molecule has 0 unspecified atom stereocenters. The van der Waals surface area contributed by atoms with Gasteiger partial charge < -0.3 is 20.2 Å². The lowest BCUT2D eigenvalue weighted by Crippen LogP contribution is -2.47. The predicted octanol–water partition coefficient (Wildman–Crippen LogP) is 5.21. The first kappa shape index (κ1) is 28.9. The Bertz CT molecular complexity index is 1740. The van der Waals surface area contributed by atoms with Gasteiger partial charge in [0.2, 0.25) is 10.0 Å². The quantitative estimate of drug-likeness (QED) is 0.278. The number of nitrogens with two attached hydrogens (primary N) is 1. The number of halogens is 5. The highest BCUT2D eigenvalue weighted by Crippen LogP contribution is 2.37. The molecule has 1 aliphatic heterocycles. The smallest absolute Gasteiger partial charge is 0.416 e. The first-order valence-electron chi connectivity index (χ1n) is 12.2. The number of ether oxygens (including phenoxy) is 2. The van der Waals surface area contributed by atoms with Crippen LogP contribution < -0.4 is 10.5 Å². The predicted molar refractivity (Wildman–Crippen MR) is 143 cm³/mol. The molecule has 0 spiro atoms. The lowest BCUT2D eigenvalue weighted by atomic mass is 10.0. The van der Waals surface area contributed by atoms with Crippen molar-refractivity contribution in [3.63, 3.8) is 0 Å². The molecule has 41 heavy (non-hydrogen) atoms. The lowest BCUT2D eigenvalue weighted by molar-refractivity contribution is -0.137. The fourth-order valence-electron chi connectivity index (χ4n) is 4.63. The van der Waals surface area contributed by atoms with Crippen LogP contribution >= 0.6 is 11.6 Å². The van der Waals surface area contributed by atoms with Crippen LogP contribution in [0.15, 0.2) is 65.6 Å². The summed E-state index contributed by atoms with van der Waals surface area (Å²) >= 11 is 6.08. The molecule has 0 saturated carbocycles. The van der Waals surface area contributed by atoms with Gasteiger partial charge >= 0.3 is 6.18 Å². The van der Waals surface area contributed by atoms with E-state index in [-0.39, 0.29) is 64.2 Å². The van der Waals surface area contributed by atoms with Crippen LogP contribution in [0.1, 0.15) is 16.1 Å². The first-order chi connectivity index (χ1) is 19.4. The van der Waals surface area contributed by atoms with Crippen molar-refractivity contribution < 1.29 is 40.2 Å². The van der Waals surface area contributed by atoms with Gasteiger partial charge in [0.1, 0.15) is 34.9 Å². The number of carbonyl (C=O) groups is 1. The Balaban J connectivity index is 1.37. The van der Waals surface area contributed by atoms with E-state index in [9.17, 15) is 30.8 Å². The zero-order valence-electron chi connectivity index (χ0n) is 21.0. The van der Waals surface area contributed by atoms with Gasteiger partial charge in [-0.25, -0.2) is 12.8 Å². The molecule has 1 amide bonds. The van der Waals surface area contributed by atoms with Gasteiger partial charge in [0, 0.05) is 40.1 Å². The number of fused-ring (bicyclic) bond motifs is 1. The fourth-order valence-corrected chi connectivity index (χ4v) is 6.59. The molecular weight excluding hydrogens is 590 g/mol. The third-order valence-electron chi connectivity index (χ3n) is 6.56. The molecule has 3 aromatic carbocycles. The normalized spacial score (nSPS) is 16.7. The number of sulfonamides is 1. The van der Waals surface area contributed by atoms with Crippen LogP contribution in [0.2, 0.25) is 5.02 Å². The summed E-state index contributed by atoms with van der Waals surface area (Å²) in [5.41, 5.74) is 4.54. The Morgan fingerprint density at radius 3 is 2.59 bits per heavy atom. The summed E-state index contributed by atoms with van der Waals surface area (Å²) in [6, 6.07) is 12.9. The standard InChI is InChI=1S/C27H22ClF4N3O5S/c28-16-6-8-22-20(12-16)25(24(34-22)26(33)36)41(37,38)35-9-10-39-17(13-35)14-40-23-4-2-1-3-19(23)18-7-5-15(11-21(18)29)27(30,31)32/h1-8,11-12,17,34H,9-10,13-14H2,(H2,33,36)/t17-/m0/s1. The van der Waals surface area contributed by atoms with E-state index in [0.29, 0.717) is 11.6 Å². The minimum atomic E-state index is -4.70. The molecule has 0 aliphatic carbocycles. The number of aromatic nitrogens is 1. The molecule has 1 saturated heterocycles. The lowest BCUT2D eigenvalue weighted by Gasteiger charge is -2.32. The van der Waals surface area contributed by atoms with E-state index < -0.39 is 39.6 Å². The van der Waals surface area contributed by atoms with Crippen molar-refractivity contribution in [1.82, 2.24) is 9.29 Å². The molecule has 2 heterocycles. The summed E-state index contributed by atoms with van der Waals surface area (Å²) in [5.74, 6) is -1.88. The summed E-state index contributed by atoms with van der Waals surface area (Å²) < 4.78 is 93.8. The fraction of sp³-hybridized carbons (Fsp3) is 0.222. The molecular formula is C27H22ClF4N3O5S. The van der Waals surface area contributed by atoms with Crippen molar-refractivity contribution in [2.45, 2.75) is 17.2 Å². The maximum atomic E-state index is 14.7. The molecule has 8 nitrogen and oxygen atoms in total. The molecule has 1 fully saturated rings. The third kappa shape index (κ3) is 5.75. The van der Waals surface area contributed by atoms with E-state index in [2.05, 4.69) is 4.98 Å². The Labute approximate surface area is 236 Å². The highest BCUT2D eigenvalue weighted by Gasteiger charge is 2.36. The van der Waals surface area contributed by atoms with E-state index in [0.717, 1.165) is 16.4 Å². The van der Waals surface area contributed by atoms with Gasteiger partial charge in [-0.2, -0.15) is 17.5 Å². The number of para-hydroxylation sites is 1. The van der Waals surface area contributed by atoms with Crippen LogP contribution in [0.3, 0.4) is 0 Å². The number of rotatable bonds is 7. The zero-order chi connectivity index (χ0) is 29.5. The second kappa shape index (κ2) is 11.0. The van der Waals surface area contributed by atoms with E-state index in [4.69, 9.17) is 26.8 Å². The summed E-state index contributed by atoms with van der Waals surface area (Å²) in [6.45, 7) is -0.312. The molecule has 0 bridgehead atoms. The van der Waals surface area contributed by atoms with Crippen LogP contribution in [0.4, 0.5) is 17.6 Å². The van der Waals surface area contributed by atoms with Gasteiger partial charge in [-0.3, -0.25) is 4.79 Å². The minimum Gasteiger partial charge on any atom is -0.490 e. The Kier molecular flexibility index (Phi) is 7.72. The van der Waals surface area contributed by atoms with Crippen LogP contribution in [0.25, 0.3) is 22.0 Å². The maximum absolute atomic E-state index is 14.7. The SMILES string of the molecule is NC(=O)c1[nH]c2ccc(Cl)cc2c1S(=O)(=O)N1CCO[C@H](COc2ccccc2-c2ccc(C(F)(F)F)cc2F)C1. The number of alkyl halides is 3. The van der Waals surface area contributed by atoms with Crippen molar-refractivity contribution in [1.29, 1.82) is 0 Å². The average Bonchev–Trinajstić information content (AvgIpc) is 3.32. The number of amides is 1. The second-order valence-electron chi connectivity index (χ2n) is 9.24. The number of benzene rings is 3. The largest absolute Gasteiger partial charge is 0.490 e. The maximum Gasteiger partial charge on any atom is 0.416 e. The minimum absolute atomic E-state index is 0.0114. The van der Waals surface area contributed by atoms with E-state index >= 15 is 0 Å². The molecule has 216 valence electrons. The molecule has 0 radical (unpaired) electrons. The number of nitrogens with zero attached hydrogens (tertiary/aromatic N) is 1. The van der Waals surface area contributed by atoms with Crippen LogP contribution in [-0.2, 0) is 20.9 Å². The van der Waals surface area contributed by atoms with Crippen molar-refractivity contribution in [3.05, 3.63) is 82.8 Å². The molecule has 1 aliphatic rings. The van der Waals surface area contributed by atoms with E-state index in [1.807, 2.05) is 0 Å². The second-order valence-corrected chi connectivity index (χ2v) is 11.5. The van der Waals surface area contributed by atoms with E-state index in [1.165, 1.54) is 30.3 Å². The molecule has 1 atom stereocenters. The number of morpholine rings is 1. The summed E-state index contributed by atoms with van der Waals surface area (Å²) in [7, 11) is -4.26. The zero-order valence-corrected chi connectivity index (χ0v) is 22.6. The molecule has 14 heteroatoms. The summed E-state index contributed by atoms with van der Waals surface area (Å²) in [6.07, 6.45) is -5.47. The Morgan fingerprint density at radius 2 is 1.88 bits per heavy atom. The van der Waals surface area contributed by atoms with Crippen molar-refractivity contribution >= 4 is 38.4 Å². The van der Waals surface area contributed by atoms with Crippen LogP contribution in [0, 0.1) is 5.82 Å². The topological polar surface area (TPSA) is 115 Å². The summed E-state index contributed by atoms with van der Waals surface area (Å²) in [5, 5.41) is 0.471. The number of primary amides is 1. The van der Waals surface area contributed by atoms with Crippen molar-refractivity contribution in [3.8, 4) is 16.9 Å². The average molecular weight is 612 g/mol. The molecule has 3 N–H and O–H groups in total. The highest BCUT2D eigenvalue weighted by molar-refractivity contribution is 7.89. The van der Waals surface area contributed by atoms with Gasteiger partial charge in [-0.05, 0) is 36.4 Å². The van der Waals surface area contributed by atoms with Gasteiger partial charge in [-0.15, -0.1) is 0 Å². The number of hydrogen-bond donors (Lipinski definition) is 2. The van der Waals surface area contributed by atoms with Crippen molar-refractivity contribution in [2.75, 3.05) is 26.3 Å². The Morgan fingerprint density at radius 1 is 1.12 bits per heavy atom. The summed E-state index contributed by atoms with van der Waals surface area (Å²) in [4.78, 5) is 14.6. The number of H-pyrrole nitrogens is 1. The molecule has 5 rings (SSSR count). The molecule has 4 aromatic rings. The third-order valence-corrected chi connectivity index (χ3v) is 8.74. The molecule has 1 aromatic heterocycles. The monoisotopic (exact) mass is 611 g/mol. The van der Waals surface area contributed by atoms with E-state index in [1.54, 1.807) is 12.1 Å². The van der Waals surface area contributed by atoms with Crippen molar-refractivity contribution in [2.24, 2.45) is 5.73 Å². The Hall–Kier alpha value is -3.65. The van der Waals surface area contributed by atoms with Gasteiger partial charge in [0.05, 0.1) is 12.2 Å². The van der Waals surface area contributed by atoms with Crippen LogP contribution in [-0.4, -0.2) is 56.0 Å². The number of aromatic amines is 1. The number of hydrogen-bond acceptors (Lipinski definition) is 5. The number of nitrogens with one attached hydrogen (secondary N) is 1. The number of carbonyl (C=O) groups excluding carboxylic acids is 1. The van der Waals surface area contributed by atoms with Gasteiger partial charge in [0.25, 0.3) is 5.91 Å². The first-order valence-corrected chi connectivity index (χ1v) is 14.0.